The highest BCUT2D eigenvalue weighted by atomic mass is 32.2. The Kier molecular flexibility index (Phi) is 11.0. The number of hydrogen-bond donors (Lipinski definition) is 4. The molecule has 2 amide bonds. The Balaban J connectivity index is 1.71. The van der Waals surface area contributed by atoms with E-state index in [0.717, 1.165) is 5.56 Å². The third kappa shape index (κ3) is 11.1. The van der Waals surface area contributed by atoms with Crippen LogP contribution >= 0.6 is 11.3 Å². The molecule has 42 heavy (non-hydrogen) atoms. The molecule has 0 bridgehead atoms. The molecule has 0 radical (unpaired) electrons. The third-order valence-electron chi connectivity index (χ3n) is 5.67. The molecule has 0 fully saturated rings. The number of amides is 2. The van der Waals surface area contributed by atoms with Crippen molar-refractivity contribution in [1.29, 1.82) is 0 Å². The number of benzene rings is 2. The minimum Gasteiger partial charge on any atom is -0.467 e. The number of hydrogen-bond acceptors (Lipinski definition) is 9. The standard InChI is InChI=1S/C28H34N4O8S2/c1-28(2,3)40-27(35)31-22(19-10-12-20(13-11-19)32-42(36,37)38)16-25-29-21(17-41-25)15-24(33)30-23(26(34)39-4)14-18-8-6-5-7-9-18/h5-13,17,22-23,32H,14-16H2,1-4H3,(H,30,33)(H,31,35)(H,36,37,38)/t22-,23-/m0/s1. The summed E-state index contributed by atoms with van der Waals surface area (Å²) in [5, 5.41) is 7.88. The number of carbonyl (C=O) groups is 3. The van der Waals surface area contributed by atoms with Crippen LogP contribution < -0.4 is 15.4 Å². The van der Waals surface area contributed by atoms with Crippen LogP contribution in [0, 0.1) is 0 Å². The number of rotatable bonds is 12. The van der Waals surface area contributed by atoms with E-state index in [1.165, 1.54) is 30.6 Å². The summed E-state index contributed by atoms with van der Waals surface area (Å²) in [6, 6.07) is 13.9. The SMILES string of the molecule is COC(=O)[C@H](Cc1ccccc1)NC(=O)Cc1csc(C[C@H](NC(=O)OC(C)(C)C)c2ccc(NS(=O)(=O)O)cc2)n1. The van der Waals surface area contributed by atoms with Crippen LogP contribution in [0.25, 0.3) is 0 Å². The molecule has 0 spiro atoms. The average Bonchev–Trinajstić information content (AvgIpc) is 3.33. The highest BCUT2D eigenvalue weighted by molar-refractivity contribution is 7.87. The summed E-state index contributed by atoms with van der Waals surface area (Å²) < 4.78 is 43.5. The summed E-state index contributed by atoms with van der Waals surface area (Å²) >= 11 is 1.30. The highest BCUT2D eigenvalue weighted by Gasteiger charge is 2.24. The Morgan fingerprint density at radius 2 is 1.67 bits per heavy atom. The molecule has 0 aliphatic rings. The van der Waals surface area contributed by atoms with Gasteiger partial charge in [-0.05, 0) is 44.0 Å². The summed E-state index contributed by atoms with van der Waals surface area (Å²) in [6.45, 7) is 5.21. The first-order valence-corrected chi connectivity index (χ1v) is 15.2. The number of nitrogens with one attached hydrogen (secondary N) is 3. The summed E-state index contributed by atoms with van der Waals surface area (Å²) in [6.07, 6.45) is -0.206. The Morgan fingerprint density at radius 1 is 1.00 bits per heavy atom. The zero-order valence-electron chi connectivity index (χ0n) is 23.6. The molecule has 12 nitrogen and oxygen atoms in total. The number of ether oxygens (including phenoxy) is 2. The van der Waals surface area contributed by atoms with Gasteiger partial charge in [0.05, 0.1) is 36.0 Å². The van der Waals surface area contributed by atoms with Crippen molar-refractivity contribution in [1.82, 2.24) is 15.6 Å². The quantitative estimate of drug-likeness (QED) is 0.175. The Hall–Kier alpha value is -4.01. The lowest BCUT2D eigenvalue weighted by Gasteiger charge is -2.23. The van der Waals surface area contributed by atoms with Crippen molar-refractivity contribution in [3.8, 4) is 0 Å². The minimum atomic E-state index is -4.44. The van der Waals surface area contributed by atoms with E-state index in [1.807, 2.05) is 35.1 Å². The second kappa shape index (κ2) is 14.2. The lowest BCUT2D eigenvalue weighted by Crippen LogP contribution is -2.43. The van der Waals surface area contributed by atoms with E-state index in [-0.39, 0.29) is 24.9 Å². The summed E-state index contributed by atoms with van der Waals surface area (Å²) in [5.74, 6) is -0.955. The average molecular weight is 619 g/mol. The minimum absolute atomic E-state index is 0.0705. The van der Waals surface area contributed by atoms with Crippen molar-refractivity contribution in [3.63, 3.8) is 0 Å². The fourth-order valence-electron chi connectivity index (χ4n) is 3.93. The van der Waals surface area contributed by atoms with Gasteiger partial charge in [-0.25, -0.2) is 14.6 Å². The highest BCUT2D eigenvalue weighted by Crippen LogP contribution is 2.24. The number of esters is 1. The van der Waals surface area contributed by atoms with E-state index in [4.69, 9.17) is 14.0 Å². The van der Waals surface area contributed by atoms with Crippen LogP contribution in [0.3, 0.4) is 0 Å². The lowest BCUT2D eigenvalue weighted by molar-refractivity contribution is -0.145. The molecule has 0 unspecified atom stereocenters. The van der Waals surface area contributed by atoms with Gasteiger partial charge in [0.2, 0.25) is 5.91 Å². The van der Waals surface area contributed by atoms with Gasteiger partial charge >= 0.3 is 22.4 Å². The number of carbonyl (C=O) groups excluding carboxylic acids is 3. The van der Waals surface area contributed by atoms with Crippen molar-refractivity contribution in [2.24, 2.45) is 0 Å². The normalized spacial score (nSPS) is 13.0. The molecule has 3 rings (SSSR count). The molecule has 0 aliphatic carbocycles. The van der Waals surface area contributed by atoms with E-state index in [9.17, 15) is 22.8 Å². The van der Waals surface area contributed by atoms with E-state index in [2.05, 4.69) is 15.6 Å². The van der Waals surface area contributed by atoms with E-state index >= 15 is 0 Å². The predicted octanol–water partition coefficient (Wildman–Crippen LogP) is 3.61. The fourth-order valence-corrected chi connectivity index (χ4v) is 5.20. The number of alkyl carbamates (subject to hydrolysis) is 1. The number of thiazole rings is 1. The van der Waals surface area contributed by atoms with Gasteiger partial charge < -0.3 is 20.1 Å². The molecular weight excluding hydrogens is 584 g/mol. The van der Waals surface area contributed by atoms with Crippen LogP contribution in [0.4, 0.5) is 10.5 Å². The van der Waals surface area contributed by atoms with Crippen LogP contribution in [0.15, 0.2) is 60.0 Å². The molecule has 0 saturated carbocycles. The van der Waals surface area contributed by atoms with Crippen molar-refractivity contribution >= 4 is 45.3 Å². The maximum atomic E-state index is 12.8. The first kappa shape index (κ1) is 32.5. The molecule has 0 aliphatic heterocycles. The van der Waals surface area contributed by atoms with Crippen LogP contribution in [0.5, 0.6) is 0 Å². The van der Waals surface area contributed by atoms with Gasteiger partial charge in [-0.1, -0.05) is 42.5 Å². The zero-order chi connectivity index (χ0) is 30.9. The molecule has 1 heterocycles. The topological polar surface area (TPSA) is 173 Å². The predicted molar refractivity (Wildman–Crippen MR) is 157 cm³/mol. The van der Waals surface area contributed by atoms with Crippen molar-refractivity contribution < 1.29 is 36.8 Å². The third-order valence-corrected chi connectivity index (χ3v) is 7.09. The maximum absolute atomic E-state index is 12.8. The number of nitrogens with zero attached hydrogens (tertiary/aromatic N) is 1. The molecule has 3 aromatic rings. The number of methoxy groups -OCH3 is 1. The Morgan fingerprint density at radius 3 is 2.26 bits per heavy atom. The van der Waals surface area contributed by atoms with Crippen LogP contribution in [0.2, 0.25) is 0 Å². The molecule has 14 heteroatoms. The summed E-state index contributed by atoms with van der Waals surface area (Å²) in [5.41, 5.74) is 1.38. The monoisotopic (exact) mass is 618 g/mol. The van der Waals surface area contributed by atoms with Gasteiger partial charge in [0.1, 0.15) is 11.6 Å². The lowest BCUT2D eigenvalue weighted by atomic mass is 10.0. The molecule has 0 saturated heterocycles. The van der Waals surface area contributed by atoms with E-state index in [1.54, 1.807) is 38.3 Å². The van der Waals surface area contributed by atoms with Gasteiger partial charge in [-0.2, -0.15) is 8.42 Å². The molecule has 2 aromatic carbocycles. The molecule has 226 valence electrons. The van der Waals surface area contributed by atoms with Crippen LogP contribution in [0.1, 0.15) is 48.6 Å². The fraction of sp³-hybridized carbons (Fsp3) is 0.357. The first-order chi connectivity index (χ1) is 19.7. The van der Waals surface area contributed by atoms with Crippen molar-refractivity contribution in [2.75, 3.05) is 11.8 Å². The van der Waals surface area contributed by atoms with Crippen molar-refractivity contribution in [3.05, 3.63) is 81.8 Å². The maximum Gasteiger partial charge on any atom is 0.408 e. The molecule has 2 atom stereocenters. The first-order valence-electron chi connectivity index (χ1n) is 12.9. The summed E-state index contributed by atoms with van der Waals surface area (Å²) in [7, 11) is -3.18. The van der Waals surface area contributed by atoms with Gasteiger partial charge in [-0.3, -0.25) is 14.1 Å². The second-order valence-corrected chi connectivity index (χ2v) is 12.4. The summed E-state index contributed by atoms with van der Waals surface area (Å²) in [4.78, 5) is 42.2. The van der Waals surface area contributed by atoms with Gasteiger partial charge in [0, 0.05) is 18.2 Å². The molecule has 1 aromatic heterocycles. The molecule has 4 N–H and O–H groups in total. The molecular formula is C28H34N4O8S2. The van der Waals surface area contributed by atoms with Gasteiger partial charge in [-0.15, -0.1) is 11.3 Å². The zero-order valence-corrected chi connectivity index (χ0v) is 25.3. The van der Waals surface area contributed by atoms with E-state index < -0.39 is 46.0 Å². The van der Waals surface area contributed by atoms with Crippen molar-refractivity contribution in [2.45, 2.75) is 57.7 Å². The largest absolute Gasteiger partial charge is 0.467 e. The van der Waals surface area contributed by atoms with E-state index in [0.29, 0.717) is 16.3 Å². The second-order valence-electron chi connectivity index (χ2n) is 10.3. The van der Waals surface area contributed by atoms with Gasteiger partial charge in [0.25, 0.3) is 0 Å². The Bertz CT molecular complexity index is 1470. The smallest absolute Gasteiger partial charge is 0.408 e. The number of anilines is 1. The number of aromatic nitrogens is 1. The Labute approximate surface area is 248 Å². The van der Waals surface area contributed by atoms with Gasteiger partial charge in [0.15, 0.2) is 0 Å². The van der Waals surface area contributed by atoms with Crippen LogP contribution in [-0.2, 0) is 48.6 Å². The van der Waals surface area contributed by atoms with Crippen LogP contribution in [-0.4, -0.2) is 54.7 Å².